The second-order valence-electron chi connectivity index (χ2n) is 5.64. The Balaban J connectivity index is 1.71. The average molecular weight is 330 g/mol. The first-order valence-electron chi connectivity index (χ1n) is 6.82. The topological polar surface area (TPSA) is 43.5 Å². The van der Waals surface area contributed by atoms with Crippen LogP contribution in [-0.2, 0) is 9.47 Å². The first-order chi connectivity index (χ1) is 9.96. The number of nitrogens with one attached hydrogen (secondary N) is 1. The number of benzene rings is 1. The third-order valence-electron chi connectivity index (χ3n) is 3.51. The van der Waals surface area contributed by atoms with E-state index in [4.69, 9.17) is 37.4 Å². The van der Waals surface area contributed by atoms with Crippen molar-refractivity contribution >= 4 is 34.1 Å². The van der Waals surface area contributed by atoms with Crippen LogP contribution in [-0.4, -0.2) is 30.6 Å². The van der Waals surface area contributed by atoms with E-state index in [9.17, 15) is 0 Å². The van der Waals surface area contributed by atoms with Gasteiger partial charge in [-0.1, -0.05) is 23.2 Å². The second kappa shape index (κ2) is 5.69. The Morgan fingerprint density at radius 1 is 1.33 bits per heavy atom. The van der Waals surface area contributed by atoms with Crippen LogP contribution >= 0.6 is 23.2 Å². The monoisotopic (exact) mass is 329 g/mol. The van der Waals surface area contributed by atoms with E-state index in [1.807, 2.05) is 26.1 Å². The summed E-state index contributed by atoms with van der Waals surface area (Å²) < 4.78 is 17.2. The molecule has 0 bridgehead atoms. The van der Waals surface area contributed by atoms with Crippen molar-refractivity contribution in [1.29, 1.82) is 0 Å². The van der Waals surface area contributed by atoms with Gasteiger partial charge in [-0.15, -0.1) is 0 Å². The van der Waals surface area contributed by atoms with E-state index < -0.39 is 5.79 Å². The summed E-state index contributed by atoms with van der Waals surface area (Å²) in [6.45, 7) is 5.56. The molecule has 0 amide bonds. The lowest BCUT2D eigenvalue weighted by Gasteiger charge is -2.34. The van der Waals surface area contributed by atoms with Crippen LogP contribution in [0.2, 0.25) is 10.0 Å². The second-order valence-corrected chi connectivity index (χ2v) is 6.42. The van der Waals surface area contributed by atoms with Crippen LogP contribution in [0.15, 0.2) is 18.3 Å². The number of hydrogen-bond donors (Lipinski definition) is 1. The van der Waals surface area contributed by atoms with Crippen molar-refractivity contribution in [3.05, 3.63) is 28.4 Å². The molecular weight excluding hydrogens is 313 g/mol. The smallest absolute Gasteiger partial charge is 0.162 e. The minimum absolute atomic E-state index is 0.196. The van der Waals surface area contributed by atoms with E-state index in [0.29, 0.717) is 35.6 Å². The maximum atomic E-state index is 6.16. The molecule has 0 saturated carbocycles. The van der Waals surface area contributed by atoms with Gasteiger partial charge in [0, 0.05) is 23.6 Å². The van der Waals surface area contributed by atoms with Gasteiger partial charge in [0.25, 0.3) is 0 Å². The van der Waals surface area contributed by atoms with E-state index in [2.05, 4.69) is 4.98 Å². The maximum absolute atomic E-state index is 6.16. The van der Waals surface area contributed by atoms with Crippen LogP contribution in [0.4, 0.5) is 0 Å². The van der Waals surface area contributed by atoms with Gasteiger partial charge in [0.1, 0.15) is 5.75 Å². The summed E-state index contributed by atoms with van der Waals surface area (Å²) in [5, 5.41) is 1.90. The molecule has 1 aliphatic heterocycles. The van der Waals surface area contributed by atoms with E-state index in [1.54, 1.807) is 6.07 Å². The first-order valence-corrected chi connectivity index (χ1v) is 7.58. The van der Waals surface area contributed by atoms with Gasteiger partial charge in [0.05, 0.1) is 35.4 Å². The highest BCUT2D eigenvalue weighted by Gasteiger charge is 2.28. The molecule has 1 fully saturated rings. The quantitative estimate of drug-likeness (QED) is 0.915. The molecule has 4 nitrogen and oxygen atoms in total. The minimum Gasteiger partial charge on any atom is -0.492 e. The molecule has 1 saturated heterocycles. The minimum atomic E-state index is -0.506. The maximum Gasteiger partial charge on any atom is 0.162 e. The number of hydrogen-bond acceptors (Lipinski definition) is 3. The van der Waals surface area contributed by atoms with Crippen molar-refractivity contribution in [2.24, 2.45) is 5.92 Å². The fraction of sp³-hybridized carbons (Fsp3) is 0.467. The molecule has 0 spiro atoms. The molecule has 0 unspecified atom stereocenters. The van der Waals surface area contributed by atoms with Crippen molar-refractivity contribution in [3.63, 3.8) is 0 Å². The van der Waals surface area contributed by atoms with Crippen LogP contribution < -0.4 is 4.74 Å². The summed E-state index contributed by atoms with van der Waals surface area (Å²) in [5.74, 6) is 0.403. The SMILES string of the molecule is CC1(C)OCC(COc2cc(Cl)c(Cl)c3[nH]ccc23)CO1. The van der Waals surface area contributed by atoms with Gasteiger partial charge in [-0.25, -0.2) is 0 Å². The van der Waals surface area contributed by atoms with Crippen LogP contribution in [0.25, 0.3) is 10.9 Å². The van der Waals surface area contributed by atoms with Crippen molar-refractivity contribution in [3.8, 4) is 5.75 Å². The lowest BCUT2D eigenvalue weighted by atomic mass is 10.1. The van der Waals surface area contributed by atoms with Gasteiger partial charge in [0.15, 0.2) is 5.79 Å². The molecule has 0 aliphatic carbocycles. The Morgan fingerprint density at radius 2 is 2.05 bits per heavy atom. The predicted octanol–water partition coefficient (Wildman–Crippen LogP) is 4.25. The summed E-state index contributed by atoms with van der Waals surface area (Å²) in [4.78, 5) is 3.07. The number of ether oxygens (including phenoxy) is 3. The van der Waals surface area contributed by atoms with Gasteiger partial charge in [-0.3, -0.25) is 0 Å². The molecule has 2 aromatic rings. The molecule has 6 heteroatoms. The molecule has 0 radical (unpaired) electrons. The van der Waals surface area contributed by atoms with Gasteiger partial charge < -0.3 is 19.2 Å². The zero-order chi connectivity index (χ0) is 15.0. The summed E-state index contributed by atoms with van der Waals surface area (Å²) in [6.07, 6.45) is 1.81. The molecule has 3 rings (SSSR count). The lowest BCUT2D eigenvalue weighted by Crippen LogP contribution is -2.41. The van der Waals surface area contributed by atoms with E-state index in [-0.39, 0.29) is 5.92 Å². The Bertz CT molecular complexity index is 644. The third-order valence-corrected chi connectivity index (χ3v) is 4.29. The van der Waals surface area contributed by atoms with Crippen LogP contribution in [0.3, 0.4) is 0 Å². The fourth-order valence-corrected chi connectivity index (χ4v) is 2.69. The highest BCUT2D eigenvalue weighted by atomic mass is 35.5. The van der Waals surface area contributed by atoms with Gasteiger partial charge >= 0.3 is 0 Å². The van der Waals surface area contributed by atoms with Crippen LogP contribution in [0, 0.1) is 5.92 Å². The van der Waals surface area contributed by atoms with Crippen molar-refractivity contribution in [2.75, 3.05) is 19.8 Å². The molecule has 1 aromatic heterocycles. The highest BCUT2D eigenvalue weighted by molar-refractivity contribution is 6.45. The molecule has 1 N–H and O–H groups in total. The highest BCUT2D eigenvalue weighted by Crippen LogP contribution is 2.37. The molecule has 0 atom stereocenters. The largest absolute Gasteiger partial charge is 0.492 e. The average Bonchev–Trinajstić information content (AvgIpc) is 2.92. The van der Waals surface area contributed by atoms with E-state index >= 15 is 0 Å². The zero-order valence-corrected chi connectivity index (χ0v) is 13.4. The fourth-order valence-electron chi connectivity index (χ4n) is 2.28. The van der Waals surface area contributed by atoms with E-state index in [0.717, 1.165) is 10.9 Å². The Labute approximate surface area is 133 Å². The first kappa shape index (κ1) is 15.0. The molecule has 1 aromatic carbocycles. The number of H-pyrrole nitrogens is 1. The molecule has 2 heterocycles. The summed E-state index contributed by atoms with van der Waals surface area (Å²) in [6, 6.07) is 3.67. The zero-order valence-electron chi connectivity index (χ0n) is 11.9. The van der Waals surface area contributed by atoms with Crippen molar-refractivity contribution in [1.82, 2.24) is 4.98 Å². The predicted molar refractivity (Wildman–Crippen MR) is 83.3 cm³/mol. The van der Waals surface area contributed by atoms with Crippen molar-refractivity contribution in [2.45, 2.75) is 19.6 Å². The Kier molecular flexibility index (Phi) is 4.06. The Hall–Kier alpha value is -0.940. The number of aromatic amines is 1. The third kappa shape index (κ3) is 3.14. The standard InChI is InChI=1S/C15H17Cl2NO3/c1-15(2)20-7-9(8-21-15)6-19-12-5-11(16)13(17)14-10(12)3-4-18-14/h3-5,9,18H,6-8H2,1-2H3. The van der Waals surface area contributed by atoms with Gasteiger partial charge in [-0.05, 0) is 19.9 Å². The molecule has 114 valence electrons. The Morgan fingerprint density at radius 3 is 2.76 bits per heavy atom. The summed E-state index contributed by atoms with van der Waals surface area (Å²) >= 11 is 12.3. The van der Waals surface area contributed by atoms with Crippen LogP contribution in [0.1, 0.15) is 13.8 Å². The molecule has 1 aliphatic rings. The number of fused-ring (bicyclic) bond motifs is 1. The number of rotatable bonds is 3. The number of aromatic nitrogens is 1. The normalized spacial score (nSPS) is 19.0. The summed E-state index contributed by atoms with van der Waals surface area (Å²) in [7, 11) is 0. The molecule has 21 heavy (non-hydrogen) atoms. The van der Waals surface area contributed by atoms with E-state index in [1.165, 1.54) is 0 Å². The number of halogens is 2. The molecular formula is C15H17Cl2NO3. The van der Waals surface area contributed by atoms with Gasteiger partial charge in [0.2, 0.25) is 0 Å². The summed E-state index contributed by atoms with van der Waals surface area (Å²) in [5.41, 5.74) is 0.788. The van der Waals surface area contributed by atoms with Gasteiger partial charge in [-0.2, -0.15) is 0 Å². The lowest BCUT2D eigenvalue weighted by molar-refractivity contribution is -0.264. The van der Waals surface area contributed by atoms with Crippen molar-refractivity contribution < 1.29 is 14.2 Å². The van der Waals surface area contributed by atoms with Crippen LogP contribution in [0.5, 0.6) is 5.75 Å².